The molecule has 3 saturated heterocycles. The zero-order valence-corrected chi connectivity index (χ0v) is 22.3. The summed E-state index contributed by atoms with van der Waals surface area (Å²) < 4.78 is 29.2. The molecule has 4 atom stereocenters. The Morgan fingerprint density at radius 1 is 0.921 bits per heavy atom. The minimum atomic E-state index is -0.951. The van der Waals surface area contributed by atoms with Crippen LogP contribution in [0.1, 0.15) is 62.4 Å². The highest BCUT2D eigenvalue weighted by Crippen LogP contribution is 2.34. The number of piperidine rings is 2. The Hall–Kier alpha value is -3.01. The number of hydrogen-bond donors (Lipinski definition) is 2. The number of benzene rings is 1. The van der Waals surface area contributed by atoms with E-state index in [9.17, 15) is 23.2 Å². The third-order valence-electron chi connectivity index (χ3n) is 8.89. The lowest BCUT2D eigenvalue weighted by Gasteiger charge is -2.52. The van der Waals surface area contributed by atoms with Crippen LogP contribution >= 0.6 is 0 Å². The number of halogens is 2. The molecule has 2 aromatic rings. The zero-order valence-electron chi connectivity index (χ0n) is 22.3. The molecule has 10 heteroatoms. The van der Waals surface area contributed by atoms with Gasteiger partial charge in [-0.25, -0.2) is 8.78 Å². The van der Waals surface area contributed by atoms with E-state index < -0.39 is 23.7 Å². The number of piperazine rings is 1. The number of nitrogens with zero attached hydrogens (tertiary/aromatic N) is 3. The van der Waals surface area contributed by atoms with Crippen molar-refractivity contribution in [2.45, 2.75) is 76.0 Å². The van der Waals surface area contributed by atoms with Crippen molar-refractivity contribution in [3.05, 3.63) is 35.5 Å². The van der Waals surface area contributed by atoms with Gasteiger partial charge in [0.15, 0.2) is 11.6 Å². The molecule has 3 amide bonds. The molecule has 6 rings (SSSR count). The molecule has 4 heterocycles. The molecule has 2 N–H and O–H groups in total. The second kappa shape index (κ2) is 10.6. The molecule has 1 aliphatic carbocycles. The lowest BCUT2D eigenvalue weighted by molar-refractivity contribution is -0.146. The maximum absolute atomic E-state index is 13.9. The van der Waals surface area contributed by atoms with Gasteiger partial charge in [-0.2, -0.15) is 0 Å². The summed E-state index contributed by atoms with van der Waals surface area (Å²) in [6.45, 7) is 2.60. The minimum absolute atomic E-state index is 0.0501. The molecule has 206 valence electrons. The van der Waals surface area contributed by atoms with Gasteiger partial charge >= 0.3 is 0 Å². The van der Waals surface area contributed by atoms with E-state index in [4.69, 9.17) is 0 Å². The smallest absolute Gasteiger partial charge is 0.270 e. The number of aryl methyl sites for hydroxylation is 1. The Balaban J connectivity index is 1.34. The van der Waals surface area contributed by atoms with Crippen LogP contribution in [0.25, 0.3) is 10.9 Å². The first-order valence-electron chi connectivity index (χ1n) is 13.7. The second-order valence-electron chi connectivity index (χ2n) is 11.1. The third kappa shape index (κ3) is 4.79. The van der Waals surface area contributed by atoms with Gasteiger partial charge in [0.1, 0.15) is 11.7 Å². The van der Waals surface area contributed by atoms with Crippen LogP contribution in [0, 0.1) is 17.6 Å². The number of aromatic nitrogens is 1. The Morgan fingerprint density at radius 2 is 1.55 bits per heavy atom. The fourth-order valence-corrected chi connectivity index (χ4v) is 6.47. The molecule has 1 aromatic carbocycles. The Kier molecular flexibility index (Phi) is 7.44. The quantitative estimate of drug-likeness (QED) is 0.603. The van der Waals surface area contributed by atoms with E-state index in [1.165, 1.54) is 0 Å². The van der Waals surface area contributed by atoms with Gasteiger partial charge in [-0.3, -0.25) is 14.4 Å². The molecular weight excluding hydrogens is 492 g/mol. The van der Waals surface area contributed by atoms with Crippen LogP contribution in [-0.4, -0.2) is 76.4 Å². The fourth-order valence-electron chi connectivity index (χ4n) is 6.47. The predicted octanol–water partition coefficient (Wildman–Crippen LogP) is 2.94. The molecule has 1 unspecified atom stereocenters. The van der Waals surface area contributed by atoms with E-state index in [1.807, 2.05) is 4.90 Å². The van der Waals surface area contributed by atoms with Crippen LogP contribution in [0.15, 0.2) is 18.2 Å². The zero-order chi connectivity index (χ0) is 27.1. The lowest BCUT2D eigenvalue weighted by Crippen LogP contribution is -2.68. The number of carbonyl (C=O) groups is 3. The Morgan fingerprint density at radius 3 is 2.18 bits per heavy atom. The molecule has 8 nitrogen and oxygen atoms in total. The summed E-state index contributed by atoms with van der Waals surface area (Å²) >= 11 is 0. The molecule has 4 fully saturated rings. The Labute approximate surface area is 221 Å². The van der Waals surface area contributed by atoms with E-state index in [0.717, 1.165) is 57.1 Å². The number of likely N-dealkylation sites (N-methyl/N-ethyl adjacent to an activating group) is 1. The van der Waals surface area contributed by atoms with Crippen molar-refractivity contribution >= 4 is 28.6 Å². The van der Waals surface area contributed by atoms with E-state index >= 15 is 0 Å². The second-order valence-corrected chi connectivity index (χ2v) is 11.1. The van der Waals surface area contributed by atoms with Crippen LogP contribution in [0.4, 0.5) is 8.78 Å². The number of hydrogen-bond acceptors (Lipinski definition) is 4. The van der Waals surface area contributed by atoms with Gasteiger partial charge in [-0.15, -0.1) is 0 Å². The van der Waals surface area contributed by atoms with Crippen molar-refractivity contribution in [1.29, 1.82) is 0 Å². The monoisotopic (exact) mass is 529 g/mol. The van der Waals surface area contributed by atoms with E-state index in [-0.39, 0.29) is 35.7 Å². The summed E-state index contributed by atoms with van der Waals surface area (Å²) in [6.07, 6.45) is 6.67. The largest absolute Gasteiger partial charge is 0.343 e. The highest BCUT2D eigenvalue weighted by atomic mass is 19.2. The maximum atomic E-state index is 13.9. The SMILES string of the molecule is CN[C@@H](C)C(=O)NC(C(=O)N1C[C@H]2CC[C@@H]1CN2C(=O)c1cc2cc(F)c(F)cc2n1C)C1CCCCC1. The molecular formula is C28H37F2N5O3. The first-order chi connectivity index (χ1) is 18.2. The third-order valence-corrected chi connectivity index (χ3v) is 8.89. The van der Waals surface area contributed by atoms with Gasteiger partial charge in [0, 0.05) is 43.7 Å². The van der Waals surface area contributed by atoms with E-state index in [1.54, 1.807) is 36.6 Å². The number of fused-ring (bicyclic) bond motifs is 4. The summed E-state index contributed by atoms with van der Waals surface area (Å²) in [6, 6.07) is 2.57. The topological polar surface area (TPSA) is 86.7 Å². The summed E-state index contributed by atoms with van der Waals surface area (Å²) in [5.74, 6) is -2.22. The molecule has 2 bridgehead atoms. The number of amides is 3. The number of rotatable bonds is 6. The molecule has 38 heavy (non-hydrogen) atoms. The number of nitrogens with one attached hydrogen (secondary N) is 2. The first kappa shape index (κ1) is 26.6. The van der Waals surface area contributed by atoms with Crippen LogP contribution < -0.4 is 10.6 Å². The van der Waals surface area contributed by atoms with Crippen LogP contribution in [-0.2, 0) is 16.6 Å². The van der Waals surface area contributed by atoms with Gasteiger partial charge in [-0.05, 0) is 57.7 Å². The van der Waals surface area contributed by atoms with Crippen molar-refractivity contribution in [3.63, 3.8) is 0 Å². The van der Waals surface area contributed by atoms with Crippen LogP contribution in [0.3, 0.4) is 0 Å². The van der Waals surface area contributed by atoms with Gasteiger partial charge in [0.25, 0.3) is 5.91 Å². The molecule has 3 aliphatic heterocycles. The predicted molar refractivity (Wildman–Crippen MR) is 139 cm³/mol. The first-order valence-corrected chi connectivity index (χ1v) is 13.7. The molecule has 4 aliphatic rings. The fraction of sp³-hybridized carbons (Fsp3) is 0.607. The van der Waals surface area contributed by atoms with Crippen molar-refractivity contribution in [3.8, 4) is 0 Å². The van der Waals surface area contributed by atoms with Crippen molar-refractivity contribution in [2.75, 3.05) is 20.1 Å². The van der Waals surface area contributed by atoms with Crippen LogP contribution in [0.2, 0.25) is 0 Å². The van der Waals surface area contributed by atoms with Crippen molar-refractivity contribution in [2.24, 2.45) is 13.0 Å². The maximum Gasteiger partial charge on any atom is 0.270 e. The average molecular weight is 530 g/mol. The normalized spacial score (nSPS) is 23.5. The minimum Gasteiger partial charge on any atom is -0.343 e. The highest BCUT2D eigenvalue weighted by Gasteiger charge is 2.46. The summed E-state index contributed by atoms with van der Waals surface area (Å²) in [5.41, 5.74) is 0.817. The van der Waals surface area contributed by atoms with E-state index in [0.29, 0.717) is 29.7 Å². The number of carbonyl (C=O) groups excluding carboxylic acids is 3. The highest BCUT2D eigenvalue weighted by molar-refractivity contribution is 5.99. The molecule has 1 saturated carbocycles. The molecule has 0 spiro atoms. The summed E-state index contributed by atoms with van der Waals surface area (Å²) in [5, 5.41) is 6.46. The van der Waals surface area contributed by atoms with E-state index in [2.05, 4.69) is 10.6 Å². The van der Waals surface area contributed by atoms with Gasteiger partial charge in [0.2, 0.25) is 11.8 Å². The molecule has 1 aromatic heterocycles. The van der Waals surface area contributed by atoms with Crippen molar-refractivity contribution < 1.29 is 23.2 Å². The van der Waals surface area contributed by atoms with Crippen molar-refractivity contribution in [1.82, 2.24) is 25.0 Å². The summed E-state index contributed by atoms with van der Waals surface area (Å²) in [4.78, 5) is 44.0. The average Bonchev–Trinajstić information content (AvgIpc) is 3.25. The van der Waals surface area contributed by atoms with Gasteiger partial charge in [0.05, 0.1) is 11.6 Å². The van der Waals surface area contributed by atoms with Crippen LogP contribution in [0.5, 0.6) is 0 Å². The lowest BCUT2D eigenvalue weighted by atomic mass is 9.82. The Bertz CT molecular complexity index is 1240. The standard InChI is InChI=1S/C28H37F2N5O3/c1-16(31-2)26(36)32-25(17-7-5-4-6-8-17)28(38)35-15-19-9-10-20(35)14-34(19)27(37)24-12-18-11-21(29)22(30)13-23(18)33(24)3/h11-13,16-17,19-20,25,31H,4-10,14-15H2,1-3H3,(H,32,36)/t16-,19+,20+,25?/m0/s1. The van der Waals surface area contributed by atoms with Gasteiger partial charge in [-0.1, -0.05) is 19.3 Å². The van der Waals surface area contributed by atoms with Gasteiger partial charge < -0.3 is 25.0 Å². The molecule has 0 radical (unpaired) electrons. The summed E-state index contributed by atoms with van der Waals surface area (Å²) in [7, 11) is 3.40.